The second-order valence-corrected chi connectivity index (χ2v) is 3.09. The molecule has 2 N–H and O–H groups in total. The molecule has 0 aliphatic heterocycles. The van der Waals surface area contributed by atoms with Gasteiger partial charge in [0.25, 0.3) is 0 Å². The van der Waals surface area contributed by atoms with Crippen LogP contribution in [0.15, 0.2) is 0 Å². The minimum absolute atomic E-state index is 0.404. The van der Waals surface area contributed by atoms with Crippen LogP contribution in [0.25, 0.3) is 0 Å². The second kappa shape index (κ2) is 3.98. The van der Waals surface area contributed by atoms with Crippen LogP contribution >= 0.6 is 11.3 Å². The van der Waals surface area contributed by atoms with E-state index in [9.17, 15) is 4.79 Å². The molecule has 0 aliphatic carbocycles. The van der Waals surface area contributed by atoms with E-state index in [1.165, 1.54) is 11.3 Å². The molecule has 66 valence electrons. The van der Waals surface area contributed by atoms with Gasteiger partial charge < -0.3 is 5.11 Å². The number of anilines is 1. The van der Waals surface area contributed by atoms with E-state index < -0.39 is 12.6 Å². The molecule has 0 fully saturated rings. The molecule has 0 bridgehead atoms. The Morgan fingerprint density at radius 1 is 1.75 bits per heavy atom. The summed E-state index contributed by atoms with van der Waals surface area (Å²) in [6.45, 7) is 1.39. The van der Waals surface area contributed by atoms with Crippen molar-refractivity contribution in [3.63, 3.8) is 0 Å². The predicted molar refractivity (Wildman–Crippen MR) is 41.9 cm³/mol. The lowest BCUT2D eigenvalue weighted by Gasteiger charge is -1.97. The van der Waals surface area contributed by atoms with Crippen molar-refractivity contribution in [2.24, 2.45) is 0 Å². The van der Waals surface area contributed by atoms with Crippen LogP contribution in [-0.4, -0.2) is 27.9 Å². The topological polar surface area (TPSA) is 84.3 Å². The molecule has 0 spiro atoms. The molecule has 1 aromatic heterocycles. The summed E-state index contributed by atoms with van der Waals surface area (Å²) in [4.78, 5) is 14.5. The lowest BCUT2D eigenvalue weighted by atomic mass is 10.8. The Balaban J connectivity index is 2.29. The van der Waals surface area contributed by atoms with Crippen molar-refractivity contribution >= 4 is 22.4 Å². The number of hydrogen-bond acceptors (Lipinski definition) is 6. The first-order valence-electron chi connectivity index (χ1n) is 3.08. The number of aromatic nitrogens is 2. The van der Waals surface area contributed by atoms with Crippen LogP contribution < -0.4 is 5.48 Å². The normalized spacial score (nSPS) is 9.75. The fourth-order valence-electron chi connectivity index (χ4n) is 0.497. The first-order valence-corrected chi connectivity index (χ1v) is 3.90. The minimum Gasteiger partial charge on any atom is -0.479 e. The Morgan fingerprint density at radius 2 is 2.50 bits per heavy atom. The summed E-state index contributed by atoms with van der Waals surface area (Å²) in [5.74, 6) is -1.04. The van der Waals surface area contributed by atoms with Gasteiger partial charge in [-0.05, 0) is 6.92 Å². The standard InChI is InChI=1S/C5H7N3O3S/c1-3-6-7-5(12-3)8-11-2-4(9)10/h2H2,1H3,(H,7,8)(H,9,10). The Hall–Kier alpha value is -1.21. The number of carboxylic acids is 1. The van der Waals surface area contributed by atoms with Crippen LogP contribution in [0.2, 0.25) is 0 Å². The highest BCUT2D eigenvalue weighted by Crippen LogP contribution is 2.12. The van der Waals surface area contributed by atoms with E-state index in [1.54, 1.807) is 6.92 Å². The number of hydrogen-bond donors (Lipinski definition) is 2. The van der Waals surface area contributed by atoms with Crippen molar-refractivity contribution in [1.82, 2.24) is 10.2 Å². The predicted octanol–water partition coefficient (Wildman–Crippen LogP) is 0.275. The molecule has 6 nitrogen and oxygen atoms in total. The first kappa shape index (κ1) is 8.88. The molecule has 1 rings (SSSR count). The van der Waals surface area contributed by atoms with E-state index in [4.69, 9.17) is 5.11 Å². The van der Waals surface area contributed by atoms with Gasteiger partial charge in [0.05, 0.1) is 0 Å². The maximum atomic E-state index is 10.00. The third kappa shape index (κ3) is 2.81. The van der Waals surface area contributed by atoms with Gasteiger partial charge in [0.15, 0.2) is 6.61 Å². The summed E-state index contributed by atoms with van der Waals surface area (Å²) >= 11 is 1.29. The molecule has 1 aromatic rings. The van der Waals surface area contributed by atoms with Crippen molar-refractivity contribution in [2.45, 2.75) is 6.92 Å². The number of rotatable bonds is 4. The minimum atomic E-state index is -1.04. The summed E-state index contributed by atoms with van der Waals surface area (Å²) in [6.07, 6.45) is 0. The number of aliphatic carboxylic acids is 1. The van der Waals surface area contributed by atoms with Gasteiger partial charge in [-0.3, -0.25) is 4.84 Å². The highest BCUT2D eigenvalue weighted by Gasteiger charge is 2.00. The highest BCUT2D eigenvalue weighted by molar-refractivity contribution is 7.15. The fraction of sp³-hybridized carbons (Fsp3) is 0.400. The monoisotopic (exact) mass is 189 g/mol. The molecule has 0 aromatic carbocycles. The molecule has 0 aliphatic rings. The van der Waals surface area contributed by atoms with Crippen molar-refractivity contribution in [2.75, 3.05) is 12.1 Å². The lowest BCUT2D eigenvalue weighted by Crippen LogP contribution is -2.11. The van der Waals surface area contributed by atoms with Gasteiger partial charge >= 0.3 is 5.97 Å². The number of nitrogens with zero attached hydrogens (tertiary/aromatic N) is 2. The number of carboxylic acid groups (broad SMARTS) is 1. The molecular formula is C5H7N3O3S. The Bertz CT molecular complexity index is 275. The molecule has 0 saturated heterocycles. The molecule has 0 radical (unpaired) electrons. The van der Waals surface area contributed by atoms with Gasteiger partial charge in [-0.25, -0.2) is 10.3 Å². The molecule has 0 saturated carbocycles. The van der Waals surface area contributed by atoms with Crippen LogP contribution in [0.4, 0.5) is 5.13 Å². The second-order valence-electron chi connectivity index (χ2n) is 1.91. The largest absolute Gasteiger partial charge is 0.479 e. The highest BCUT2D eigenvalue weighted by atomic mass is 32.1. The summed E-state index contributed by atoms with van der Waals surface area (Å²) in [6, 6.07) is 0. The molecule has 12 heavy (non-hydrogen) atoms. The Kier molecular flexibility index (Phi) is 2.94. The number of nitrogens with one attached hydrogen (secondary N) is 1. The molecule has 1 heterocycles. The van der Waals surface area contributed by atoms with Crippen molar-refractivity contribution in [3.8, 4) is 0 Å². The van der Waals surface area contributed by atoms with Crippen molar-refractivity contribution < 1.29 is 14.7 Å². The van der Waals surface area contributed by atoms with Gasteiger partial charge in [-0.2, -0.15) is 0 Å². The SMILES string of the molecule is Cc1nnc(NOCC(=O)O)s1. The zero-order valence-electron chi connectivity index (χ0n) is 6.27. The Morgan fingerprint density at radius 3 is 3.00 bits per heavy atom. The summed E-state index contributed by atoms with van der Waals surface area (Å²) < 4.78 is 0. The maximum absolute atomic E-state index is 10.00. The zero-order valence-corrected chi connectivity index (χ0v) is 7.09. The summed E-state index contributed by atoms with van der Waals surface area (Å²) in [7, 11) is 0. The molecule has 0 amide bonds. The molecule has 0 unspecified atom stereocenters. The van der Waals surface area contributed by atoms with Crippen LogP contribution in [0.1, 0.15) is 5.01 Å². The summed E-state index contributed by atoms with van der Waals surface area (Å²) in [5, 5.41) is 16.8. The van der Waals surface area contributed by atoms with E-state index in [1.807, 2.05) is 0 Å². The van der Waals surface area contributed by atoms with E-state index in [0.29, 0.717) is 5.13 Å². The third-order valence-electron chi connectivity index (χ3n) is 0.881. The first-order chi connectivity index (χ1) is 5.68. The smallest absolute Gasteiger partial charge is 0.332 e. The van der Waals surface area contributed by atoms with Crippen LogP contribution in [0.3, 0.4) is 0 Å². The van der Waals surface area contributed by atoms with Crippen LogP contribution in [-0.2, 0) is 9.63 Å². The van der Waals surface area contributed by atoms with E-state index in [0.717, 1.165) is 5.01 Å². The van der Waals surface area contributed by atoms with Crippen molar-refractivity contribution in [1.29, 1.82) is 0 Å². The third-order valence-corrected chi connectivity index (χ3v) is 1.62. The molecule has 0 atom stereocenters. The molecule has 7 heteroatoms. The van der Waals surface area contributed by atoms with E-state index >= 15 is 0 Å². The fourth-order valence-corrected chi connectivity index (χ4v) is 1.04. The van der Waals surface area contributed by atoms with Gasteiger partial charge in [0, 0.05) is 0 Å². The van der Waals surface area contributed by atoms with E-state index in [-0.39, 0.29) is 0 Å². The van der Waals surface area contributed by atoms with Gasteiger partial charge in [0.2, 0.25) is 5.13 Å². The van der Waals surface area contributed by atoms with Crippen molar-refractivity contribution in [3.05, 3.63) is 5.01 Å². The average Bonchev–Trinajstić information content (AvgIpc) is 2.35. The van der Waals surface area contributed by atoms with Gasteiger partial charge in [0.1, 0.15) is 5.01 Å². The van der Waals surface area contributed by atoms with Gasteiger partial charge in [-0.1, -0.05) is 11.3 Å². The van der Waals surface area contributed by atoms with Crippen LogP contribution in [0, 0.1) is 6.92 Å². The van der Waals surface area contributed by atoms with Crippen LogP contribution in [0.5, 0.6) is 0 Å². The zero-order chi connectivity index (χ0) is 8.97. The number of carbonyl (C=O) groups is 1. The quantitative estimate of drug-likeness (QED) is 0.661. The van der Waals surface area contributed by atoms with E-state index in [2.05, 4.69) is 20.5 Å². The number of aryl methyl sites for hydroxylation is 1. The average molecular weight is 189 g/mol. The molecular weight excluding hydrogens is 182 g/mol. The summed E-state index contributed by atoms with van der Waals surface area (Å²) in [5.41, 5.74) is 2.36. The van der Waals surface area contributed by atoms with Gasteiger partial charge in [-0.15, -0.1) is 10.2 Å². The Labute approximate surface area is 72.1 Å². The maximum Gasteiger partial charge on any atom is 0.332 e. The lowest BCUT2D eigenvalue weighted by molar-refractivity contribution is -0.141.